The van der Waals surface area contributed by atoms with Crippen LogP contribution in [0.15, 0.2) is 51.9 Å². The average molecular weight is 392 g/mol. The second-order valence-corrected chi connectivity index (χ2v) is 6.07. The van der Waals surface area contributed by atoms with Gasteiger partial charge in [-0.2, -0.15) is 5.26 Å². The minimum Gasteiger partial charge on any atom is -0.289 e. The summed E-state index contributed by atoms with van der Waals surface area (Å²) in [6.45, 7) is 0. The molecule has 0 radical (unpaired) electrons. The molecule has 0 bridgehead atoms. The topological polar surface area (TPSA) is 65.2 Å². The number of hydrogen-bond acceptors (Lipinski definition) is 4. The van der Waals surface area contributed by atoms with E-state index in [0.29, 0.717) is 22.0 Å². The molecule has 116 valence electrons. The predicted molar refractivity (Wildman–Crippen MR) is 93.3 cm³/mol. The van der Waals surface area contributed by atoms with Gasteiger partial charge in [-0.15, -0.1) is 0 Å². The standard InChI is InChI=1S/C16H11BrFN3OS/c1-23-16(20-9-19)21-14-7-4-11(17)8-13(14)15(22)10-2-5-12(18)6-3-10/h2-8H,1H3,(H,20,21). The van der Waals surface area contributed by atoms with Crippen LogP contribution in [0.25, 0.3) is 0 Å². The third kappa shape index (κ3) is 4.41. The number of halogens is 2. The maximum absolute atomic E-state index is 13.0. The zero-order valence-electron chi connectivity index (χ0n) is 12.0. The van der Waals surface area contributed by atoms with Gasteiger partial charge >= 0.3 is 0 Å². The van der Waals surface area contributed by atoms with Crippen LogP contribution in [-0.4, -0.2) is 17.2 Å². The van der Waals surface area contributed by atoms with Gasteiger partial charge in [0.15, 0.2) is 17.1 Å². The van der Waals surface area contributed by atoms with Crippen molar-refractivity contribution >= 4 is 44.3 Å². The van der Waals surface area contributed by atoms with Gasteiger partial charge in [0.05, 0.1) is 5.69 Å². The maximum Gasteiger partial charge on any atom is 0.195 e. The molecule has 0 heterocycles. The van der Waals surface area contributed by atoms with Gasteiger partial charge in [0.1, 0.15) is 5.82 Å². The van der Waals surface area contributed by atoms with Crippen LogP contribution in [-0.2, 0) is 0 Å². The molecule has 4 nitrogen and oxygen atoms in total. The number of thioether (sulfide) groups is 1. The number of carbonyl (C=O) groups excluding carboxylic acids is 1. The van der Waals surface area contributed by atoms with Crippen molar-refractivity contribution in [3.63, 3.8) is 0 Å². The van der Waals surface area contributed by atoms with E-state index < -0.39 is 5.82 Å². The Hall–Kier alpha value is -2.17. The first kappa shape index (κ1) is 17.2. The lowest BCUT2D eigenvalue weighted by Crippen LogP contribution is -2.13. The molecule has 2 aromatic carbocycles. The number of hydrogen-bond donors (Lipinski definition) is 1. The van der Waals surface area contributed by atoms with Crippen LogP contribution in [0.5, 0.6) is 0 Å². The average Bonchev–Trinajstić information content (AvgIpc) is 2.56. The smallest absolute Gasteiger partial charge is 0.195 e. The minimum atomic E-state index is -0.406. The highest BCUT2D eigenvalue weighted by Crippen LogP contribution is 2.27. The van der Waals surface area contributed by atoms with Gasteiger partial charge in [-0.25, -0.2) is 9.38 Å². The summed E-state index contributed by atoms with van der Waals surface area (Å²) in [5.74, 6) is -0.681. The fraction of sp³-hybridized carbons (Fsp3) is 0.0625. The zero-order chi connectivity index (χ0) is 16.8. The molecular formula is C16H11BrFN3OS. The van der Waals surface area contributed by atoms with E-state index in [-0.39, 0.29) is 5.78 Å². The fourth-order valence-electron chi connectivity index (χ4n) is 1.83. The minimum absolute atomic E-state index is 0.275. The second kappa shape index (κ2) is 7.90. The zero-order valence-corrected chi connectivity index (χ0v) is 14.4. The molecule has 0 saturated heterocycles. The second-order valence-electron chi connectivity index (χ2n) is 4.36. The van der Waals surface area contributed by atoms with E-state index >= 15 is 0 Å². The normalized spacial score (nSPS) is 11.0. The molecule has 1 N–H and O–H groups in total. The fourth-order valence-corrected chi connectivity index (χ4v) is 2.52. The van der Waals surface area contributed by atoms with E-state index in [0.717, 1.165) is 4.47 Å². The van der Waals surface area contributed by atoms with Crippen LogP contribution in [0.3, 0.4) is 0 Å². The van der Waals surface area contributed by atoms with Crippen molar-refractivity contribution in [1.82, 2.24) is 5.32 Å². The predicted octanol–water partition coefficient (Wildman–Crippen LogP) is 4.24. The van der Waals surface area contributed by atoms with Crippen LogP contribution >= 0.6 is 27.7 Å². The van der Waals surface area contributed by atoms with Crippen LogP contribution < -0.4 is 5.32 Å². The van der Waals surface area contributed by atoms with Crippen molar-refractivity contribution in [1.29, 1.82) is 5.26 Å². The highest BCUT2D eigenvalue weighted by atomic mass is 79.9. The van der Waals surface area contributed by atoms with Crippen LogP contribution in [0.1, 0.15) is 15.9 Å². The summed E-state index contributed by atoms with van der Waals surface area (Å²) >= 11 is 4.58. The van der Waals surface area contributed by atoms with E-state index in [4.69, 9.17) is 5.26 Å². The van der Waals surface area contributed by atoms with Crippen LogP contribution in [0, 0.1) is 17.3 Å². The highest BCUT2D eigenvalue weighted by Gasteiger charge is 2.15. The van der Waals surface area contributed by atoms with Gasteiger partial charge in [-0.3, -0.25) is 10.1 Å². The summed E-state index contributed by atoms with van der Waals surface area (Å²) in [6.07, 6.45) is 3.57. The van der Waals surface area contributed by atoms with E-state index in [9.17, 15) is 9.18 Å². The Morgan fingerprint density at radius 2 is 2.00 bits per heavy atom. The third-order valence-electron chi connectivity index (χ3n) is 2.89. The molecular weight excluding hydrogens is 381 g/mol. The molecule has 0 aliphatic rings. The molecule has 0 unspecified atom stereocenters. The molecule has 0 aliphatic carbocycles. The SMILES string of the molecule is CSC(=Nc1ccc(Br)cc1C(=O)c1ccc(F)cc1)NC#N. The number of amidine groups is 1. The summed E-state index contributed by atoms with van der Waals surface area (Å²) in [6, 6.07) is 10.4. The third-order valence-corrected chi connectivity index (χ3v) is 3.96. The number of benzene rings is 2. The molecule has 0 fully saturated rings. The first-order valence-electron chi connectivity index (χ1n) is 6.42. The summed E-state index contributed by atoms with van der Waals surface area (Å²) in [5, 5.41) is 11.5. The van der Waals surface area contributed by atoms with E-state index in [1.54, 1.807) is 30.6 Å². The number of rotatable bonds is 3. The molecule has 0 amide bonds. The lowest BCUT2D eigenvalue weighted by Gasteiger charge is -2.07. The van der Waals surface area contributed by atoms with Gasteiger partial charge in [0.2, 0.25) is 0 Å². The molecule has 0 saturated carbocycles. The maximum atomic E-state index is 13.0. The van der Waals surface area contributed by atoms with Crippen molar-refractivity contribution < 1.29 is 9.18 Å². The van der Waals surface area contributed by atoms with Crippen molar-refractivity contribution in [3.8, 4) is 6.19 Å². The van der Waals surface area contributed by atoms with Gasteiger partial charge in [-0.05, 0) is 48.7 Å². The monoisotopic (exact) mass is 391 g/mol. The highest BCUT2D eigenvalue weighted by molar-refractivity contribution is 9.10. The Morgan fingerprint density at radius 3 is 2.61 bits per heavy atom. The Labute approximate surface area is 145 Å². The first-order chi connectivity index (χ1) is 11.0. The molecule has 7 heteroatoms. The molecule has 2 rings (SSSR count). The molecule has 0 aromatic heterocycles. The Bertz CT molecular complexity index is 800. The quantitative estimate of drug-likeness (QED) is 0.279. The lowest BCUT2D eigenvalue weighted by atomic mass is 10.0. The summed E-state index contributed by atoms with van der Waals surface area (Å²) < 4.78 is 13.7. The largest absolute Gasteiger partial charge is 0.289 e. The van der Waals surface area contributed by atoms with Crippen molar-refractivity contribution in [3.05, 3.63) is 63.9 Å². The number of carbonyl (C=O) groups is 1. The molecule has 2 aromatic rings. The van der Waals surface area contributed by atoms with Crippen molar-refractivity contribution in [2.24, 2.45) is 4.99 Å². The number of nitrogens with zero attached hydrogens (tertiary/aromatic N) is 2. The summed E-state index contributed by atoms with van der Waals surface area (Å²) in [4.78, 5) is 17.0. The Kier molecular flexibility index (Phi) is 5.90. The number of nitrogens with one attached hydrogen (secondary N) is 1. The molecule has 0 aliphatic heterocycles. The first-order valence-corrected chi connectivity index (χ1v) is 8.44. The Morgan fingerprint density at radius 1 is 1.30 bits per heavy atom. The summed E-state index contributed by atoms with van der Waals surface area (Å²) in [5.41, 5.74) is 1.15. The number of nitriles is 1. The molecule has 23 heavy (non-hydrogen) atoms. The van der Waals surface area contributed by atoms with Gasteiger partial charge in [0, 0.05) is 15.6 Å². The van der Waals surface area contributed by atoms with E-state index in [1.165, 1.54) is 36.0 Å². The van der Waals surface area contributed by atoms with Crippen LogP contribution in [0.4, 0.5) is 10.1 Å². The number of ketones is 1. The summed E-state index contributed by atoms with van der Waals surface area (Å²) in [7, 11) is 0. The van der Waals surface area contributed by atoms with Crippen molar-refractivity contribution in [2.45, 2.75) is 0 Å². The molecule has 0 atom stereocenters. The van der Waals surface area contributed by atoms with Crippen LogP contribution in [0.2, 0.25) is 0 Å². The van der Waals surface area contributed by atoms with Gasteiger partial charge in [-0.1, -0.05) is 27.7 Å². The Balaban J connectivity index is 2.49. The van der Waals surface area contributed by atoms with Gasteiger partial charge in [0.25, 0.3) is 0 Å². The lowest BCUT2D eigenvalue weighted by molar-refractivity contribution is 0.103. The van der Waals surface area contributed by atoms with E-state index in [2.05, 4.69) is 26.2 Å². The van der Waals surface area contributed by atoms with E-state index in [1.807, 2.05) is 0 Å². The van der Waals surface area contributed by atoms with Crippen molar-refractivity contribution in [2.75, 3.05) is 6.26 Å². The molecule has 0 spiro atoms. The van der Waals surface area contributed by atoms with Gasteiger partial charge < -0.3 is 0 Å². The number of aliphatic imine (C=N–C) groups is 1.